The SMILES string of the molecule is [CH2-]Cn1c(CNC2CCCCC2C)nc2ccccc21.[Y+3]. The predicted octanol–water partition coefficient (Wildman–Crippen LogP) is 3.54. The monoisotopic (exact) mass is 359 g/mol. The summed E-state index contributed by atoms with van der Waals surface area (Å²) in [6.07, 6.45) is 5.39. The van der Waals surface area contributed by atoms with Gasteiger partial charge in [0.15, 0.2) is 0 Å². The Morgan fingerprint density at radius 2 is 2.05 bits per heavy atom. The van der Waals surface area contributed by atoms with Crippen LogP contribution in [0.15, 0.2) is 24.3 Å². The molecule has 1 fully saturated rings. The summed E-state index contributed by atoms with van der Waals surface area (Å²) in [6, 6.07) is 8.95. The number of fused-ring (bicyclic) bond motifs is 1. The molecule has 1 N–H and O–H groups in total. The van der Waals surface area contributed by atoms with Crippen molar-refractivity contribution >= 4 is 11.0 Å². The van der Waals surface area contributed by atoms with Crippen molar-refractivity contribution in [3.8, 4) is 0 Å². The van der Waals surface area contributed by atoms with Crippen LogP contribution in [0.1, 0.15) is 38.4 Å². The zero-order valence-electron chi connectivity index (χ0n) is 12.9. The molecule has 3 rings (SSSR count). The Bertz CT molecular complexity index is 578. The van der Waals surface area contributed by atoms with E-state index in [1.165, 1.54) is 31.2 Å². The van der Waals surface area contributed by atoms with Gasteiger partial charge in [0.1, 0.15) is 5.82 Å². The van der Waals surface area contributed by atoms with E-state index in [1.54, 1.807) is 0 Å². The molecular formula is C17H24N3Y+2. The van der Waals surface area contributed by atoms with Crippen LogP contribution in [0, 0.1) is 12.8 Å². The van der Waals surface area contributed by atoms with Crippen molar-refractivity contribution in [2.45, 2.75) is 51.7 Å². The summed E-state index contributed by atoms with van der Waals surface area (Å²) in [4.78, 5) is 4.75. The van der Waals surface area contributed by atoms with E-state index in [-0.39, 0.29) is 32.7 Å². The number of hydrogen-bond donors (Lipinski definition) is 1. The average Bonchev–Trinajstić information content (AvgIpc) is 2.84. The Morgan fingerprint density at radius 1 is 1.29 bits per heavy atom. The molecule has 1 aromatic heterocycles. The van der Waals surface area contributed by atoms with Crippen molar-refractivity contribution in [2.75, 3.05) is 0 Å². The van der Waals surface area contributed by atoms with Gasteiger partial charge < -0.3 is 16.8 Å². The van der Waals surface area contributed by atoms with E-state index in [2.05, 4.69) is 41.9 Å². The van der Waals surface area contributed by atoms with Crippen LogP contribution in [0.4, 0.5) is 0 Å². The van der Waals surface area contributed by atoms with E-state index in [0.717, 1.165) is 30.3 Å². The zero-order chi connectivity index (χ0) is 13.9. The maximum Gasteiger partial charge on any atom is 3.00 e. The first-order chi connectivity index (χ1) is 9.79. The van der Waals surface area contributed by atoms with Crippen LogP contribution in [0.3, 0.4) is 0 Å². The summed E-state index contributed by atoms with van der Waals surface area (Å²) in [5, 5.41) is 3.71. The third-order valence-electron chi connectivity index (χ3n) is 4.59. The van der Waals surface area contributed by atoms with Gasteiger partial charge in [-0.15, -0.1) is 6.54 Å². The Labute approximate surface area is 152 Å². The van der Waals surface area contributed by atoms with E-state index in [0.29, 0.717) is 6.04 Å². The standard InChI is InChI=1S/C17H24N3.Y/c1-3-20-16-11-7-6-10-15(16)19-17(20)12-18-14-9-5-4-8-13(14)2;/h6-7,10-11,13-14,18H,1,3-5,8-9,12H2,2H3;/q-1;+3. The molecule has 0 amide bonds. The Hall–Kier alpha value is -0.246. The number of nitrogens with one attached hydrogen (secondary N) is 1. The topological polar surface area (TPSA) is 29.9 Å². The third kappa shape index (κ3) is 3.75. The van der Waals surface area contributed by atoms with Crippen LogP contribution in [0.5, 0.6) is 0 Å². The molecule has 1 aromatic carbocycles. The molecule has 1 aliphatic rings. The Morgan fingerprint density at radius 3 is 2.81 bits per heavy atom. The van der Waals surface area contributed by atoms with Crippen molar-refractivity contribution in [1.82, 2.24) is 14.9 Å². The molecule has 2 aromatic rings. The molecule has 0 radical (unpaired) electrons. The fourth-order valence-electron chi connectivity index (χ4n) is 3.35. The van der Waals surface area contributed by atoms with Crippen LogP contribution in [-0.4, -0.2) is 15.6 Å². The molecule has 1 saturated carbocycles. The number of rotatable bonds is 4. The van der Waals surface area contributed by atoms with E-state index < -0.39 is 0 Å². The molecule has 3 nitrogen and oxygen atoms in total. The normalized spacial score (nSPS) is 22.2. The Kier molecular flexibility index (Phi) is 6.40. The minimum absolute atomic E-state index is 0. The molecule has 0 aliphatic heterocycles. The molecule has 2 atom stereocenters. The zero-order valence-corrected chi connectivity index (χ0v) is 15.7. The second-order valence-corrected chi connectivity index (χ2v) is 5.92. The minimum atomic E-state index is 0. The van der Waals surface area contributed by atoms with Gasteiger partial charge in [0.2, 0.25) is 0 Å². The molecule has 1 aliphatic carbocycles. The molecular weight excluding hydrogens is 335 g/mol. The maximum absolute atomic E-state index is 4.75. The van der Waals surface area contributed by atoms with Gasteiger partial charge in [0.05, 0.1) is 17.6 Å². The fraction of sp³-hybridized carbons (Fsp3) is 0.529. The fourth-order valence-corrected chi connectivity index (χ4v) is 3.35. The van der Waals surface area contributed by atoms with Crippen molar-refractivity contribution in [3.63, 3.8) is 0 Å². The van der Waals surface area contributed by atoms with E-state index >= 15 is 0 Å². The first-order valence-corrected chi connectivity index (χ1v) is 7.76. The van der Waals surface area contributed by atoms with Crippen LogP contribution >= 0.6 is 0 Å². The van der Waals surface area contributed by atoms with Crippen LogP contribution in [0.25, 0.3) is 11.0 Å². The van der Waals surface area contributed by atoms with E-state index in [9.17, 15) is 0 Å². The second kappa shape index (κ2) is 7.85. The first kappa shape index (κ1) is 17.1. The molecule has 2 unspecified atom stereocenters. The largest absolute Gasteiger partial charge is 3.00 e. The molecule has 0 spiro atoms. The van der Waals surface area contributed by atoms with Gasteiger partial charge in [0, 0.05) is 6.04 Å². The van der Waals surface area contributed by atoms with Crippen molar-refractivity contribution in [2.24, 2.45) is 5.92 Å². The first-order valence-electron chi connectivity index (χ1n) is 7.76. The maximum atomic E-state index is 4.75. The van der Waals surface area contributed by atoms with Gasteiger partial charge in [-0.05, 0) is 30.9 Å². The number of benzene rings is 1. The second-order valence-electron chi connectivity index (χ2n) is 5.92. The Balaban J connectivity index is 0.00000161. The number of imidazole rings is 1. The summed E-state index contributed by atoms with van der Waals surface area (Å²) in [6.45, 7) is 7.99. The molecule has 1 heterocycles. The summed E-state index contributed by atoms with van der Waals surface area (Å²) in [5.74, 6) is 1.89. The van der Waals surface area contributed by atoms with Crippen LogP contribution < -0.4 is 5.32 Å². The number of para-hydroxylation sites is 2. The van der Waals surface area contributed by atoms with Gasteiger partial charge in [0.25, 0.3) is 0 Å². The van der Waals surface area contributed by atoms with Crippen LogP contribution in [-0.2, 0) is 45.8 Å². The smallest absolute Gasteiger partial charge is 0.358 e. The van der Waals surface area contributed by atoms with Gasteiger partial charge in [-0.3, -0.25) is 0 Å². The van der Waals surface area contributed by atoms with Crippen molar-refractivity contribution < 1.29 is 32.7 Å². The van der Waals surface area contributed by atoms with E-state index in [1.807, 2.05) is 6.07 Å². The average molecular weight is 359 g/mol. The number of aromatic nitrogens is 2. The van der Waals surface area contributed by atoms with E-state index in [4.69, 9.17) is 4.98 Å². The predicted molar refractivity (Wildman–Crippen MR) is 83.3 cm³/mol. The molecule has 4 heteroatoms. The van der Waals surface area contributed by atoms with Gasteiger partial charge in [-0.2, -0.15) is 0 Å². The molecule has 0 saturated heterocycles. The minimum Gasteiger partial charge on any atom is -0.358 e. The quantitative estimate of drug-likeness (QED) is 0.847. The van der Waals surface area contributed by atoms with Crippen molar-refractivity contribution in [1.29, 1.82) is 0 Å². The molecule has 108 valence electrons. The van der Waals surface area contributed by atoms with Gasteiger partial charge in [-0.25, -0.2) is 4.98 Å². The molecule has 0 bridgehead atoms. The van der Waals surface area contributed by atoms with Gasteiger partial charge in [-0.1, -0.05) is 31.9 Å². The summed E-state index contributed by atoms with van der Waals surface area (Å²) < 4.78 is 2.22. The summed E-state index contributed by atoms with van der Waals surface area (Å²) >= 11 is 0. The third-order valence-corrected chi connectivity index (χ3v) is 4.59. The number of nitrogens with zero attached hydrogens (tertiary/aromatic N) is 2. The van der Waals surface area contributed by atoms with Crippen LogP contribution in [0.2, 0.25) is 0 Å². The summed E-state index contributed by atoms with van der Waals surface area (Å²) in [5.41, 5.74) is 2.26. The molecule has 21 heavy (non-hydrogen) atoms. The summed E-state index contributed by atoms with van der Waals surface area (Å²) in [7, 11) is 0. The van der Waals surface area contributed by atoms with Crippen molar-refractivity contribution in [3.05, 3.63) is 37.0 Å². The number of hydrogen-bond acceptors (Lipinski definition) is 2. The van der Waals surface area contributed by atoms with Gasteiger partial charge >= 0.3 is 32.7 Å².